The number of benzene rings is 1. The molecule has 0 radical (unpaired) electrons. The van der Waals surface area contributed by atoms with Crippen LogP contribution in [-0.2, 0) is 14.8 Å². The van der Waals surface area contributed by atoms with Gasteiger partial charge in [0.25, 0.3) is 0 Å². The summed E-state index contributed by atoms with van der Waals surface area (Å²) in [5, 5.41) is 4.63. The summed E-state index contributed by atoms with van der Waals surface area (Å²) >= 11 is 12.4. The first-order chi connectivity index (χ1) is 18.3. The van der Waals surface area contributed by atoms with Gasteiger partial charge in [-0.2, -0.15) is 4.31 Å². The number of rotatable bonds is 9. The lowest BCUT2D eigenvalue weighted by atomic mass is 9.80. The molecule has 12 heteroatoms. The Labute approximate surface area is 235 Å². The third-order valence-electron chi connectivity index (χ3n) is 7.89. The highest BCUT2D eigenvalue weighted by Gasteiger charge is 2.37. The molecule has 5 rings (SSSR count). The summed E-state index contributed by atoms with van der Waals surface area (Å²) in [4.78, 5) is 13.8. The van der Waals surface area contributed by atoms with Crippen LogP contribution in [0.4, 0.5) is 11.6 Å². The lowest BCUT2D eigenvalue weighted by Crippen LogP contribution is -2.54. The first-order valence-electron chi connectivity index (χ1n) is 13.3. The van der Waals surface area contributed by atoms with Crippen molar-refractivity contribution in [3.05, 3.63) is 46.2 Å². The van der Waals surface area contributed by atoms with E-state index in [0.29, 0.717) is 60.5 Å². The van der Waals surface area contributed by atoms with Crippen molar-refractivity contribution in [2.45, 2.75) is 25.8 Å². The zero-order valence-electron chi connectivity index (χ0n) is 21.7. The second-order valence-electron chi connectivity index (χ2n) is 10.5. The Hall–Kier alpha value is -1.69. The van der Waals surface area contributed by atoms with Gasteiger partial charge in [0, 0.05) is 49.3 Å². The summed E-state index contributed by atoms with van der Waals surface area (Å²) in [5.41, 5.74) is 0.951. The normalized spacial score (nSPS) is 22.7. The zero-order valence-corrected chi connectivity index (χ0v) is 24.1. The van der Waals surface area contributed by atoms with Crippen LogP contribution in [0.15, 0.2) is 30.6 Å². The van der Waals surface area contributed by atoms with Gasteiger partial charge in [-0.05, 0) is 55.8 Å². The molecule has 0 saturated carbocycles. The Balaban J connectivity index is 1.11. The third-order valence-corrected chi connectivity index (χ3v) is 10.3. The maximum Gasteiger partial charge on any atom is 0.215 e. The SMILES string of the molecule is C[C@@H](Nc1cncc(N2CC([C@H]3CCCN(CCS(=O)(=O)N4CCOCC4)C3)C2)n1)c1ccc(Cl)cc1Cl. The molecule has 3 saturated heterocycles. The molecule has 3 fully saturated rings. The molecular weight excluding hydrogens is 547 g/mol. The highest BCUT2D eigenvalue weighted by molar-refractivity contribution is 7.89. The maximum absolute atomic E-state index is 12.7. The van der Waals surface area contributed by atoms with Gasteiger partial charge in [0.15, 0.2) is 0 Å². The van der Waals surface area contributed by atoms with Gasteiger partial charge < -0.3 is 19.9 Å². The Bertz CT molecular complexity index is 1210. The van der Waals surface area contributed by atoms with Crippen molar-refractivity contribution in [2.75, 3.05) is 75.0 Å². The summed E-state index contributed by atoms with van der Waals surface area (Å²) in [5.74, 6) is 2.91. The molecule has 9 nitrogen and oxygen atoms in total. The molecule has 3 aliphatic heterocycles. The van der Waals surface area contributed by atoms with Crippen molar-refractivity contribution in [3.63, 3.8) is 0 Å². The van der Waals surface area contributed by atoms with Crippen LogP contribution in [0.2, 0.25) is 10.0 Å². The topological polar surface area (TPSA) is 90.9 Å². The van der Waals surface area contributed by atoms with Crippen LogP contribution in [0.1, 0.15) is 31.4 Å². The predicted molar refractivity (Wildman–Crippen MR) is 152 cm³/mol. The molecule has 0 unspecified atom stereocenters. The van der Waals surface area contributed by atoms with E-state index in [4.69, 9.17) is 32.9 Å². The molecule has 1 aromatic heterocycles. The van der Waals surface area contributed by atoms with Crippen molar-refractivity contribution < 1.29 is 13.2 Å². The Morgan fingerprint density at radius 3 is 2.66 bits per heavy atom. The molecular formula is C26H36Cl2N6O3S. The molecule has 0 amide bonds. The van der Waals surface area contributed by atoms with Gasteiger partial charge in [-0.3, -0.25) is 4.98 Å². The van der Waals surface area contributed by atoms with Crippen LogP contribution in [0.25, 0.3) is 0 Å². The molecule has 38 heavy (non-hydrogen) atoms. The van der Waals surface area contributed by atoms with Crippen molar-refractivity contribution in [1.29, 1.82) is 0 Å². The van der Waals surface area contributed by atoms with Gasteiger partial charge in [-0.25, -0.2) is 13.4 Å². The van der Waals surface area contributed by atoms with Crippen LogP contribution in [0, 0.1) is 11.8 Å². The van der Waals surface area contributed by atoms with Gasteiger partial charge in [0.2, 0.25) is 10.0 Å². The average molecular weight is 584 g/mol. The number of nitrogens with zero attached hydrogens (tertiary/aromatic N) is 5. The number of nitrogens with one attached hydrogen (secondary N) is 1. The van der Waals surface area contributed by atoms with Crippen LogP contribution in [0.3, 0.4) is 0 Å². The smallest absolute Gasteiger partial charge is 0.215 e. The summed E-state index contributed by atoms with van der Waals surface area (Å²) in [6, 6.07) is 5.45. The molecule has 0 spiro atoms. The van der Waals surface area contributed by atoms with Crippen molar-refractivity contribution in [2.24, 2.45) is 11.8 Å². The number of ether oxygens (including phenoxy) is 1. The summed E-state index contributed by atoms with van der Waals surface area (Å²) < 4.78 is 32.3. The summed E-state index contributed by atoms with van der Waals surface area (Å²) in [6.45, 7) is 8.37. The molecule has 2 aromatic rings. The van der Waals surface area contributed by atoms with E-state index in [0.717, 1.165) is 44.0 Å². The number of anilines is 2. The molecule has 3 aliphatic rings. The zero-order chi connectivity index (χ0) is 26.7. The number of sulfonamides is 1. The Morgan fingerprint density at radius 2 is 1.89 bits per heavy atom. The number of halogens is 2. The van der Waals surface area contributed by atoms with Crippen LogP contribution in [-0.4, -0.2) is 92.4 Å². The number of hydrogen-bond donors (Lipinski definition) is 1. The number of likely N-dealkylation sites (tertiary alicyclic amines) is 1. The Kier molecular flexibility index (Phi) is 8.96. The van der Waals surface area contributed by atoms with E-state index in [1.54, 1.807) is 16.6 Å². The third kappa shape index (κ3) is 6.71. The van der Waals surface area contributed by atoms with E-state index < -0.39 is 10.0 Å². The molecule has 4 heterocycles. The van der Waals surface area contributed by atoms with E-state index in [1.165, 1.54) is 6.42 Å². The van der Waals surface area contributed by atoms with Gasteiger partial charge in [0.05, 0.1) is 37.4 Å². The summed E-state index contributed by atoms with van der Waals surface area (Å²) in [7, 11) is -3.22. The van der Waals surface area contributed by atoms with Gasteiger partial charge in [-0.1, -0.05) is 29.3 Å². The molecule has 208 valence electrons. The lowest BCUT2D eigenvalue weighted by molar-refractivity contribution is 0.0726. The quantitative estimate of drug-likeness (QED) is 0.478. The predicted octanol–water partition coefficient (Wildman–Crippen LogP) is 3.77. The molecule has 0 bridgehead atoms. The fourth-order valence-corrected chi connectivity index (χ4v) is 7.63. The number of piperidine rings is 1. The molecule has 1 aromatic carbocycles. The summed E-state index contributed by atoms with van der Waals surface area (Å²) in [6.07, 6.45) is 5.84. The minimum Gasteiger partial charge on any atom is -0.379 e. The van der Waals surface area contributed by atoms with Crippen LogP contribution >= 0.6 is 23.2 Å². The standard InChI is InChI=1S/C26H36Cl2N6O3S/c1-19(23-5-4-22(27)13-24(23)28)30-25-14-29-15-26(31-25)33-17-21(18-33)20-3-2-6-32(16-20)9-12-38(35,36)34-7-10-37-11-8-34/h4-5,13-15,19-21H,2-3,6-12,16-18H2,1H3,(H,30,31)/t19-,20+/m1/s1. The van der Waals surface area contributed by atoms with E-state index in [1.807, 2.05) is 25.3 Å². The Morgan fingerprint density at radius 1 is 1.11 bits per heavy atom. The fourth-order valence-electron chi connectivity index (χ4n) is 5.61. The molecule has 1 N–H and O–H groups in total. The van der Waals surface area contributed by atoms with Crippen molar-refractivity contribution >= 4 is 44.9 Å². The first kappa shape index (κ1) is 27.9. The largest absolute Gasteiger partial charge is 0.379 e. The van der Waals surface area contributed by atoms with Crippen LogP contribution < -0.4 is 10.2 Å². The average Bonchev–Trinajstić information content (AvgIpc) is 2.88. The van der Waals surface area contributed by atoms with E-state index >= 15 is 0 Å². The van der Waals surface area contributed by atoms with Gasteiger partial charge in [-0.15, -0.1) is 0 Å². The fraction of sp³-hybridized carbons (Fsp3) is 0.615. The minimum absolute atomic E-state index is 0.0475. The van der Waals surface area contributed by atoms with E-state index in [9.17, 15) is 8.42 Å². The monoisotopic (exact) mass is 582 g/mol. The van der Waals surface area contributed by atoms with E-state index in [-0.39, 0.29) is 11.8 Å². The highest BCUT2D eigenvalue weighted by atomic mass is 35.5. The van der Waals surface area contributed by atoms with Crippen molar-refractivity contribution in [1.82, 2.24) is 19.2 Å². The molecule has 2 atom stereocenters. The second-order valence-corrected chi connectivity index (χ2v) is 13.4. The highest BCUT2D eigenvalue weighted by Crippen LogP contribution is 2.34. The number of aromatic nitrogens is 2. The van der Waals surface area contributed by atoms with Crippen molar-refractivity contribution in [3.8, 4) is 0 Å². The minimum atomic E-state index is -3.22. The maximum atomic E-state index is 12.7. The lowest BCUT2D eigenvalue weighted by Gasteiger charge is -2.47. The number of hydrogen-bond acceptors (Lipinski definition) is 8. The van der Waals surface area contributed by atoms with E-state index in [2.05, 4.69) is 20.1 Å². The van der Waals surface area contributed by atoms with Gasteiger partial charge >= 0.3 is 0 Å². The van der Waals surface area contributed by atoms with Gasteiger partial charge in [0.1, 0.15) is 11.6 Å². The van der Waals surface area contributed by atoms with Crippen LogP contribution in [0.5, 0.6) is 0 Å². The second kappa shape index (κ2) is 12.2. The first-order valence-corrected chi connectivity index (χ1v) is 15.7. The number of morpholine rings is 1. The molecule has 0 aliphatic carbocycles.